The zero-order valence-corrected chi connectivity index (χ0v) is 12.3. The van der Waals surface area contributed by atoms with Gasteiger partial charge in [0.25, 0.3) is 5.91 Å². The number of amides is 1. The van der Waals surface area contributed by atoms with Crippen LogP contribution in [0.4, 0.5) is 16.5 Å². The molecule has 21 heavy (non-hydrogen) atoms. The number of benzene rings is 2. The molecule has 0 aliphatic heterocycles. The first-order valence-corrected chi connectivity index (χ1v) is 7.25. The summed E-state index contributed by atoms with van der Waals surface area (Å²) in [6.07, 6.45) is 0. The van der Waals surface area contributed by atoms with Crippen molar-refractivity contribution >= 4 is 55.6 Å². The average molecular weight is 319 g/mol. The maximum absolute atomic E-state index is 11.5. The molecule has 0 aliphatic rings. The van der Waals surface area contributed by atoms with Crippen molar-refractivity contribution in [2.45, 2.75) is 0 Å². The third-order valence-electron chi connectivity index (χ3n) is 2.94. The number of thiazole rings is 1. The SMILES string of the molecule is NC(=O)c1cccc(N)c1Nc1nc2ccc(Cl)cc2s1. The fourth-order valence-electron chi connectivity index (χ4n) is 1.97. The zero-order valence-electron chi connectivity index (χ0n) is 10.8. The quantitative estimate of drug-likeness (QED) is 0.645. The highest BCUT2D eigenvalue weighted by Gasteiger charge is 2.13. The van der Waals surface area contributed by atoms with Crippen molar-refractivity contribution in [3.8, 4) is 0 Å². The van der Waals surface area contributed by atoms with Gasteiger partial charge in [-0.1, -0.05) is 29.0 Å². The molecule has 5 N–H and O–H groups in total. The lowest BCUT2D eigenvalue weighted by atomic mass is 10.1. The monoisotopic (exact) mass is 318 g/mol. The van der Waals surface area contributed by atoms with Gasteiger partial charge in [0.15, 0.2) is 5.13 Å². The molecule has 0 bridgehead atoms. The summed E-state index contributed by atoms with van der Waals surface area (Å²) in [6.45, 7) is 0. The van der Waals surface area contributed by atoms with Crippen molar-refractivity contribution in [2.75, 3.05) is 11.1 Å². The summed E-state index contributed by atoms with van der Waals surface area (Å²) in [5.74, 6) is -0.547. The molecular weight excluding hydrogens is 308 g/mol. The Hall–Kier alpha value is -2.31. The third-order valence-corrected chi connectivity index (χ3v) is 4.11. The molecule has 0 saturated heterocycles. The minimum Gasteiger partial charge on any atom is -0.397 e. The molecule has 0 unspecified atom stereocenters. The molecule has 0 radical (unpaired) electrons. The van der Waals surface area contributed by atoms with E-state index in [1.807, 2.05) is 12.1 Å². The normalized spacial score (nSPS) is 10.7. The molecule has 3 rings (SSSR count). The van der Waals surface area contributed by atoms with Gasteiger partial charge in [0.1, 0.15) is 0 Å². The summed E-state index contributed by atoms with van der Waals surface area (Å²) >= 11 is 7.38. The average Bonchev–Trinajstić information content (AvgIpc) is 2.82. The first-order chi connectivity index (χ1) is 10.0. The highest BCUT2D eigenvalue weighted by Crippen LogP contribution is 2.33. The van der Waals surface area contributed by atoms with Crippen LogP contribution in [0, 0.1) is 0 Å². The largest absolute Gasteiger partial charge is 0.397 e. The van der Waals surface area contributed by atoms with Crippen molar-refractivity contribution in [1.82, 2.24) is 4.98 Å². The van der Waals surface area contributed by atoms with Gasteiger partial charge in [0.05, 0.1) is 27.2 Å². The number of halogens is 1. The fourth-order valence-corrected chi connectivity index (χ4v) is 3.12. The molecule has 1 aromatic heterocycles. The molecule has 0 atom stereocenters. The van der Waals surface area contributed by atoms with Crippen molar-refractivity contribution in [3.05, 3.63) is 47.0 Å². The first-order valence-electron chi connectivity index (χ1n) is 6.06. The van der Waals surface area contributed by atoms with E-state index < -0.39 is 5.91 Å². The second-order valence-corrected chi connectivity index (χ2v) is 5.86. The number of anilines is 3. The summed E-state index contributed by atoms with van der Waals surface area (Å²) in [5.41, 5.74) is 13.3. The lowest BCUT2D eigenvalue weighted by Gasteiger charge is -2.10. The highest BCUT2D eigenvalue weighted by molar-refractivity contribution is 7.22. The van der Waals surface area contributed by atoms with Crippen LogP contribution in [-0.4, -0.2) is 10.9 Å². The van der Waals surface area contributed by atoms with Gasteiger partial charge in [-0.25, -0.2) is 4.98 Å². The second kappa shape index (κ2) is 5.23. The number of nitrogens with zero attached hydrogens (tertiary/aromatic N) is 1. The standard InChI is InChI=1S/C14H11ClN4OS/c15-7-4-5-10-11(6-7)21-14(18-10)19-12-8(13(17)20)2-1-3-9(12)16/h1-6H,16H2,(H2,17,20)(H,18,19). The molecule has 0 fully saturated rings. The predicted octanol–water partition coefficient (Wildman–Crippen LogP) is 3.37. The van der Waals surface area contributed by atoms with Crippen LogP contribution < -0.4 is 16.8 Å². The van der Waals surface area contributed by atoms with E-state index in [1.165, 1.54) is 11.3 Å². The Morgan fingerprint density at radius 3 is 2.86 bits per heavy atom. The molecule has 2 aromatic carbocycles. The number of para-hydroxylation sites is 1. The molecule has 5 nitrogen and oxygen atoms in total. The predicted molar refractivity (Wildman–Crippen MR) is 87.3 cm³/mol. The Bertz CT molecular complexity index is 846. The number of hydrogen-bond acceptors (Lipinski definition) is 5. The Balaban J connectivity index is 2.04. The van der Waals surface area contributed by atoms with E-state index in [4.69, 9.17) is 23.1 Å². The van der Waals surface area contributed by atoms with E-state index in [0.717, 1.165) is 10.2 Å². The maximum Gasteiger partial charge on any atom is 0.250 e. The molecule has 0 aliphatic carbocycles. The number of hydrogen-bond donors (Lipinski definition) is 3. The fraction of sp³-hybridized carbons (Fsp3) is 0. The summed E-state index contributed by atoms with van der Waals surface area (Å²) < 4.78 is 0.945. The molecule has 0 spiro atoms. The van der Waals surface area contributed by atoms with Gasteiger partial charge in [-0.2, -0.15) is 0 Å². The molecule has 106 valence electrons. The van der Waals surface area contributed by atoms with Gasteiger partial charge in [-0.15, -0.1) is 0 Å². The lowest BCUT2D eigenvalue weighted by molar-refractivity contribution is 0.100. The minimum atomic E-state index is -0.547. The molecular formula is C14H11ClN4OS. The van der Waals surface area contributed by atoms with E-state index in [1.54, 1.807) is 24.3 Å². The van der Waals surface area contributed by atoms with Crippen LogP contribution in [0.5, 0.6) is 0 Å². The number of carbonyl (C=O) groups is 1. The van der Waals surface area contributed by atoms with E-state index in [0.29, 0.717) is 27.1 Å². The Kier molecular flexibility index (Phi) is 3.40. The summed E-state index contributed by atoms with van der Waals surface area (Å²) in [7, 11) is 0. The van der Waals surface area contributed by atoms with Crippen LogP contribution >= 0.6 is 22.9 Å². The minimum absolute atomic E-state index is 0.326. The van der Waals surface area contributed by atoms with E-state index in [2.05, 4.69) is 10.3 Å². The number of carbonyl (C=O) groups excluding carboxylic acids is 1. The topological polar surface area (TPSA) is 94.0 Å². The Morgan fingerprint density at radius 2 is 2.10 bits per heavy atom. The number of nitrogen functional groups attached to an aromatic ring is 1. The van der Waals surface area contributed by atoms with Crippen LogP contribution in [0.3, 0.4) is 0 Å². The van der Waals surface area contributed by atoms with Gasteiger partial charge in [0, 0.05) is 5.02 Å². The summed E-state index contributed by atoms with van der Waals surface area (Å²) in [5, 5.41) is 4.34. The highest BCUT2D eigenvalue weighted by atomic mass is 35.5. The van der Waals surface area contributed by atoms with Crippen LogP contribution in [-0.2, 0) is 0 Å². The van der Waals surface area contributed by atoms with Gasteiger partial charge in [0.2, 0.25) is 0 Å². The van der Waals surface area contributed by atoms with Crippen molar-refractivity contribution < 1.29 is 4.79 Å². The Morgan fingerprint density at radius 1 is 1.29 bits per heavy atom. The van der Waals surface area contributed by atoms with E-state index in [-0.39, 0.29) is 0 Å². The summed E-state index contributed by atoms with van der Waals surface area (Å²) in [4.78, 5) is 15.9. The van der Waals surface area contributed by atoms with Gasteiger partial charge in [-0.3, -0.25) is 4.79 Å². The van der Waals surface area contributed by atoms with Crippen LogP contribution in [0.1, 0.15) is 10.4 Å². The van der Waals surface area contributed by atoms with Crippen LogP contribution in [0.2, 0.25) is 5.02 Å². The van der Waals surface area contributed by atoms with Gasteiger partial charge < -0.3 is 16.8 Å². The molecule has 1 amide bonds. The van der Waals surface area contributed by atoms with E-state index in [9.17, 15) is 4.79 Å². The molecule has 0 saturated carbocycles. The summed E-state index contributed by atoms with van der Waals surface area (Å²) in [6, 6.07) is 10.4. The second-order valence-electron chi connectivity index (χ2n) is 4.39. The number of nitrogens with two attached hydrogens (primary N) is 2. The maximum atomic E-state index is 11.5. The number of aromatic nitrogens is 1. The number of rotatable bonds is 3. The molecule has 1 heterocycles. The van der Waals surface area contributed by atoms with Crippen LogP contribution in [0.15, 0.2) is 36.4 Å². The Labute approximate surface area is 129 Å². The van der Waals surface area contributed by atoms with Crippen molar-refractivity contribution in [1.29, 1.82) is 0 Å². The number of fused-ring (bicyclic) bond motifs is 1. The third kappa shape index (κ3) is 2.63. The van der Waals surface area contributed by atoms with Crippen molar-refractivity contribution in [2.24, 2.45) is 5.73 Å². The zero-order chi connectivity index (χ0) is 15.0. The first kappa shape index (κ1) is 13.7. The molecule has 7 heteroatoms. The van der Waals surface area contributed by atoms with E-state index >= 15 is 0 Å². The number of nitrogens with one attached hydrogen (secondary N) is 1. The van der Waals surface area contributed by atoms with Crippen LogP contribution in [0.25, 0.3) is 10.2 Å². The smallest absolute Gasteiger partial charge is 0.250 e. The van der Waals surface area contributed by atoms with Crippen molar-refractivity contribution in [3.63, 3.8) is 0 Å². The van der Waals surface area contributed by atoms with Gasteiger partial charge >= 0.3 is 0 Å². The lowest BCUT2D eigenvalue weighted by Crippen LogP contribution is -2.14. The van der Waals surface area contributed by atoms with Gasteiger partial charge in [-0.05, 0) is 30.3 Å². The molecule has 3 aromatic rings. The number of primary amides is 1.